The molecule has 194 valence electrons. The molecule has 9 nitrogen and oxygen atoms in total. The molecule has 9 heteroatoms. The van der Waals surface area contributed by atoms with Gasteiger partial charge in [0.05, 0.1) is 17.4 Å². The number of aromatic nitrogens is 2. The minimum Gasteiger partial charge on any atom is -0.490 e. The van der Waals surface area contributed by atoms with Gasteiger partial charge in [-0.15, -0.1) is 13.2 Å². The number of ether oxygens (including phenoxy) is 1. The summed E-state index contributed by atoms with van der Waals surface area (Å²) in [5.74, 6) is -0.317. The summed E-state index contributed by atoms with van der Waals surface area (Å²) < 4.78 is 7.20. The minimum atomic E-state index is -0.595. The van der Waals surface area contributed by atoms with Gasteiger partial charge in [-0.05, 0) is 50.5 Å². The number of hydrogen-bond acceptors (Lipinski definition) is 6. The lowest BCUT2D eigenvalue weighted by Gasteiger charge is -2.19. The van der Waals surface area contributed by atoms with Crippen molar-refractivity contribution in [1.82, 2.24) is 14.9 Å². The van der Waals surface area contributed by atoms with E-state index in [0.717, 1.165) is 11.1 Å². The molecule has 0 radical (unpaired) electrons. The fourth-order valence-corrected chi connectivity index (χ4v) is 3.70. The lowest BCUT2D eigenvalue weighted by atomic mass is 10.0. The Morgan fingerprint density at radius 1 is 1.22 bits per heavy atom. The van der Waals surface area contributed by atoms with Crippen molar-refractivity contribution in [2.45, 2.75) is 38.8 Å². The second-order valence-corrected chi connectivity index (χ2v) is 8.50. The van der Waals surface area contributed by atoms with E-state index < -0.39 is 5.91 Å². The molecule has 0 aliphatic heterocycles. The Kier molecular flexibility index (Phi) is 10.6. The second-order valence-electron chi connectivity index (χ2n) is 8.50. The van der Waals surface area contributed by atoms with Gasteiger partial charge in [0.2, 0.25) is 0 Å². The number of hydrogen-bond donors (Lipinski definition) is 3. The van der Waals surface area contributed by atoms with Gasteiger partial charge in [-0.25, -0.2) is 4.98 Å². The molecule has 4 N–H and O–H groups in total. The number of nitrogens with zero attached hydrogens (tertiary/aromatic N) is 3. The summed E-state index contributed by atoms with van der Waals surface area (Å²) in [5.41, 5.74) is 8.38. The van der Waals surface area contributed by atoms with Gasteiger partial charge in [-0.1, -0.05) is 24.3 Å². The van der Waals surface area contributed by atoms with E-state index in [1.54, 1.807) is 29.9 Å². The predicted octanol–water partition coefficient (Wildman–Crippen LogP) is 3.37. The van der Waals surface area contributed by atoms with Crippen molar-refractivity contribution in [3.05, 3.63) is 84.3 Å². The summed E-state index contributed by atoms with van der Waals surface area (Å²) in [6, 6.07) is 14.1. The summed E-state index contributed by atoms with van der Waals surface area (Å²) in [4.78, 5) is 28.6. The maximum atomic E-state index is 12.9. The smallest absolute Gasteiger partial charge is 0.284 e. The van der Waals surface area contributed by atoms with E-state index in [0.29, 0.717) is 29.8 Å². The van der Waals surface area contributed by atoms with Crippen LogP contribution in [0.1, 0.15) is 52.4 Å². The third kappa shape index (κ3) is 7.78. The number of carbonyl (C=O) groups is 2. The molecule has 0 saturated carbocycles. The molecule has 37 heavy (non-hydrogen) atoms. The topological polar surface area (TPSA) is 143 Å². The molecule has 0 spiro atoms. The fourth-order valence-electron chi connectivity index (χ4n) is 3.70. The van der Waals surface area contributed by atoms with Crippen molar-refractivity contribution in [3.8, 4) is 23.1 Å². The molecule has 1 atom stereocenters. The number of carbonyl (C=O) groups excluding carboxylic acids is 2. The monoisotopic (exact) mass is 503 g/mol. The van der Waals surface area contributed by atoms with E-state index in [-0.39, 0.29) is 36.0 Å². The van der Waals surface area contributed by atoms with E-state index in [1.165, 1.54) is 6.07 Å². The van der Waals surface area contributed by atoms with Gasteiger partial charge in [0, 0.05) is 37.0 Å². The number of nitrogens with two attached hydrogens (primary N) is 1. The first-order valence-electron chi connectivity index (χ1n) is 11.8. The average Bonchev–Trinajstić information content (AvgIpc) is 3.27. The highest BCUT2D eigenvalue weighted by Gasteiger charge is 2.17. The Morgan fingerprint density at radius 2 is 1.89 bits per heavy atom. The Bertz CT molecular complexity index is 1260. The molecule has 0 unspecified atom stereocenters. The molecule has 0 aliphatic rings. The van der Waals surface area contributed by atoms with E-state index in [2.05, 4.69) is 29.5 Å². The number of imidazole rings is 1. The SMILES string of the molecule is C=C.CC(C)Oc1ccc(C(=O)N[C@H](CCO)Cc2ccc(-c3cn(C)c(C(N)=O)n3)cc2)cc1C#N. The number of rotatable bonds is 10. The van der Waals surface area contributed by atoms with Crippen LogP contribution in [-0.2, 0) is 13.5 Å². The van der Waals surface area contributed by atoms with Gasteiger partial charge < -0.3 is 25.5 Å². The van der Waals surface area contributed by atoms with E-state index >= 15 is 0 Å². The van der Waals surface area contributed by atoms with Crippen molar-refractivity contribution in [2.75, 3.05) is 6.61 Å². The van der Waals surface area contributed by atoms with Crippen molar-refractivity contribution >= 4 is 11.8 Å². The third-order valence-corrected chi connectivity index (χ3v) is 5.37. The molecule has 0 aliphatic carbocycles. The zero-order valence-corrected chi connectivity index (χ0v) is 21.4. The lowest BCUT2D eigenvalue weighted by molar-refractivity contribution is 0.0929. The molecule has 1 aromatic heterocycles. The first kappa shape index (κ1) is 28.8. The maximum Gasteiger partial charge on any atom is 0.284 e. The average molecular weight is 504 g/mol. The van der Waals surface area contributed by atoms with Crippen LogP contribution in [0, 0.1) is 11.3 Å². The van der Waals surface area contributed by atoms with Crippen LogP contribution in [0.15, 0.2) is 61.8 Å². The highest BCUT2D eigenvalue weighted by Crippen LogP contribution is 2.22. The van der Waals surface area contributed by atoms with Crippen LogP contribution >= 0.6 is 0 Å². The second kappa shape index (κ2) is 13.6. The van der Waals surface area contributed by atoms with Crippen molar-refractivity contribution in [3.63, 3.8) is 0 Å². The lowest BCUT2D eigenvalue weighted by Crippen LogP contribution is -2.37. The quantitative estimate of drug-likeness (QED) is 0.362. The molecule has 0 saturated heterocycles. The van der Waals surface area contributed by atoms with Gasteiger partial charge in [-0.2, -0.15) is 5.26 Å². The Morgan fingerprint density at radius 3 is 2.43 bits per heavy atom. The molecular formula is C28H33N5O4. The van der Waals surface area contributed by atoms with Crippen LogP contribution in [0.4, 0.5) is 0 Å². The molecule has 1 heterocycles. The van der Waals surface area contributed by atoms with Crippen molar-refractivity contribution in [2.24, 2.45) is 12.8 Å². The molecule has 0 bridgehead atoms. The normalized spacial score (nSPS) is 11.1. The summed E-state index contributed by atoms with van der Waals surface area (Å²) in [6.45, 7) is 9.64. The first-order valence-corrected chi connectivity index (χ1v) is 11.8. The summed E-state index contributed by atoms with van der Waals surface area (Å²) in [7, 11) is 1.71. The largest absolute Gasteiger partial charge is 0.490 e. The Labute approximate surface area is 217 Å². The van der Waals surface area contributed by atoms with E-state index in [1.807, 2.05) is 38.1 Å². The van der Waals surface area contributed by atoms with E-state index in [4.69, 9.17) is 10.5 Å². The molecule has 2 aromatic carbocycles. The zero-order valence-electron chi connectivity index (χ0n) is 21.4. The molecule has 0 fully saturated rings. The van der Waals surface area contributed by atoms with Gasteiger partial charge in [0.25, 0.3) is 11.8 Å². The Balaban J connectivity index is 0.00000235. The first-order chi connectivity index (χ1) is 17.7. The van der Waals surface area contributed by atoms with Gasteiger partial charge in [0.15, 0.2) is 5.82 Å². The third-order valence-electron chi connectivity index (χ3n) is 5.37. The standard InChI is InChI=1S/C26H29N5O4.C2H4/c1-16(2)35-23-9-8-19(13-20(23)14-27)26(34)29-21(10-11-32)12-17-4-6-18(7-5-17)22-15-31(3)25(30-22)24(28)33;1-2/h4-9,13,15-16,21,32H,10-12H2,1-3H3,(H2,28,33)(H,29,34);1-2H2/t21-;/m1./s1. The zero-order chi connectivity index (χ0) is 27.5. The van der Waals surface area contributed by atoms with Gasteiger partial charge in [0.1, 0.15) is 11.8 Å². The molecule has 2 amide bonds. The number of benzene rings is 2. The molecule has 3 rings (SSSR count). The number of aryl methyl sites for hydroxylation is 1. The highest BCUT2D eigenvalue weighted by atomic mass is 16.5. The Hall–Kier alpha value is -4.42. The number of primary amides is 1. The fraction of sp³-hybridized carbons (Fsp3) is 0.286. The number of amides is 2. The number of aliphatic hydroxyl groups is 1. The van der Waals surface area contributed by atoms with Gasteiger partial charge >= 0.3 is 0 Å². The van der Waals surface area contributed by atoms with Crippen LogP contribution in [0.2, 0.25) is 0 Å². The van der Waals surface area contributed by atoms with Crippen LogP contribution in [-0.4, -0.2) is 45.2 Å². The van der Waals surface area contributed by atoms with Crippen LogP contribution in [0.25, 0.3) is 11.3 Å². The van der Waals surface area contributed by atoms with Crippen LogP contribution in [0.5, 0.6) is 5.75 Å². The summed E-state index contributed by atoms with van der Waals surface area (Å²) in [5, 5.41) is 21.9. The van der Waals surface area contributed by atoms with E-state index in [9.17, 15) is 20.0 Å². The van der Waals surface area contributed by atoms with Crippen LogP contribution in [0.3, 0.4) is 0 Å². The minimum absolute atomic E-state index is 0.0858. The number of nitrogens with one attached hydrogen (secondary N) is 1. The van der Waals surface area contributed by atoms with Gasteiger partial charge in [-0.3, -0.25) is 9.59 Å². The predicted molar refractivity (Wildman–Crippen MR) is 142 cm³/mol. The van der Waals surface area contributed by atoms with Crippen molar-refractivity contribution < 1.29 is 19.4 Å². The number of aliphatic hydroxyl groups excluding tert-OH is 1. The highest BCUT2D eigenvalue weighted by molar-refractivity contribution is 5.95. The molecule has 3 aromatic rings. The summed E-state index contributed by atoms with van der Waals surface area (Å²) >= 11 is 0. The maximum absolute atomic E-state index is 12.9. The van der Waals surface area contributed by atoms with Crippen LogP contribution < -0.4 is 15.8 Å². The van der Waals surface area contributed by atoms with Crippen molar-refractivity contribution in [1.29, 1.82) is 5.26 Å². The number of nitriles is 1. The summed E-state index contributed by atoms with van der Waals surface area (Å²) in [6.07, 6.45) is 2.51. The molecular weight excluding hydrogens is 470 g/mol.